The van der Waals surface area contributed by atoms with Crippen molar-refractivity contribution in [2.24, 2.45) is 0 Å². The molecule has 0 fully saturated rings. The highest BCUT2D eigenvalue weighted by atomic mass is 16.3. The summed E-state index contributed by atoms with van der Waals surface area (Å²) >= 11 is 0. The molecule has 0 unspecified atom stereocenters. The summed E-state index contributed by atoms with van der Waals surface area (Å²) in [5, 5.41) is 32.8. The van der Waals surface area contributed by atoms with Crippen LogP contribution in [0.1, 0.15) is 168 Å². The summed E-state index contributed by atoms with van der Waals surface area (Å²) in [4.78, 5) is 12.3. The van der Waals surface area contributed by atoms with Crippen LogP contribution in [0.4, 0.5) is 0 Å². The zero-order chi connectivity index (χ0) is 28.1. The highest BCUT2D eigenvalue weighted by molar-refractivity contribution is 5.80. The molecule has 3 atom stereocenters. The van der Waals surface area contributed by atoms with Gasteiger partial charge in [0.15, 0.2) is 0 Å². The van der Waals surface area contributed by atoms with Crippen molar-refractivity contribution in [2.75, 3.05) is 6.61 Å². The van der Waals surface area contributed by atoms with Crippen LogP contribution in [0, 0.1) is 0 Å². The first-order chi connectivity index (χ1) is 18.6. The number of nitrogens with one attached hydrogen (secondary N) is 1. The van der Waals surface area contributed by atoms with Gasteiger partial charge in [0.1, 0.15) is 6.10 Å². The third-order valence-electron chi connectivity index (χ3n) is 7.63. The lowest BCUT2D eigenvalue weighted by Gasteiger charge is -2.21. The van der Waals surface area contributed by atoms with Gasteiger partial charge in [-0.25, -0.2) is 0 Å². The van der Waals surface area contributed by atoms with Gasteiger partial charge >= 0.3 is 0 Å². The summed E-state index contributed by atoms with van der Waals surface area (Å²) in [5.74, 6) is -0.506. The summed E-state index contributed by atoms with van der Waals surface area (Å²) in [6, 6.07) is -0.789. The van der Waals surface area contributed by atoms with Crippen LogP contribution in [0.2, 0.25) is 0 Å². The van der Waals surface area contributed by atoms with Crippen molar-refractivity contribution in [3.8, 4) is 0 Å². The Hall–Kier alpha value is -0.910. The van der Waals surface area contributed by atoms with Crippen LogP contribution in [0.25, 0.3) is 0 Å². The average molecular weight is 540 g/mol. The molecule has 0 spiro atoms. The molecule has 0 aliphatic heterocycles. The van der Waals surface area contributed by atoms with Gasteiger partial charge < -0.3 is 20.6 Å². The largest absolute Gasteiger partial charge is 0.394 e. The number of carbonyl (C=O) groups excluding carboxylic acids is 1. The van der Waals surface area contributed by atoms with Gasteiger partial charge in [-0.15, -0.1) is 0 Å². The second-order valence-corrected chi connectivity index (χ2v) is 11.4. The van der Waals surface area contributed by atoms with Crippen molar-refractivity contribution >= 4 is 5.91 Å². The van der Waals surface area contributed by atoms with E-state index >= 15 is 0 Å². The smallest absolute Gasteiger partial charge is 0.249 e. The summed E-state index contributed by atoms with van der Waals surface area (Å²) in [7, 11) is 0. The van der Waals surface area contributed by atoms with E-state index in [4.69, 9.17) is 0 Å². The van der Waals surface area contributed by atoms with Crippen molar-refractivity contribution in [2.45, 2.75) is 186 Å². The minimum atomic E-state index is -1.09. The van der Waals surface area contributed by atoms with Crippen molar-refractivity contribution in [1.29, 1.82) is 0 Å². The van der Waals surface area contributed by atoms with E-state index in [0.717, 1.165) is 32.1 Å². The zero-order valence-electron chi connectivity index (χ0n) is 25.3. The summed E-state index contributed by atoms with van der Waals surface area (Å²) in [5.41, 5.74) is 0. The fourth-order valence-electron chi connectivity index (χ4n) is 4.95. The Balaban J connectivity index is 3.79. The second kappa shape index (κ2) is 29.1. The molecule has 0 aromatic carbocycles. The fourth-order valence-corrected chi connectivity index (χ4v) is 4.95. The summed E-state index contributed by atoms with van der Waals surface area (Å²) < 4.78 is 0. The van der Waals surface area contributed by atoms with Gasteiger partial charge in [0.25, 0.3) is 0 Å². The van der Waals surface area contributed by atoms with Crippen LogP contribution >= 0.6 is 0 Å². The van der Waals surface area contributed by atoms with Gasteiger partial charge in [-0.3, -0.25) is 4.79 Å². The highest BCUT2D eigenvalue weighted by Crippen LogP contribution is 2.14. The third-order valence-corrected chi connectivity index (χ3v) is 7.63. The topological polar surface area (TPSA) is 89.8 Å². The van der Waals surface area contributed by atoms with Crippen LogP contribution in [0.15, 0.2) is 12.2 Å². The molecule has 0 heterocycles. The molecule has 0 saturated heterocycles. The molecule has 0 aromatic rings. The maximum absolute atomic E-state index is 12.3. The fraction of sp³-hybridized carbons (Fsp3) is 0.909. The molecular formula is C33H65NO4. The Kier molecular flexibility index (Phi) is 28.4. The first-order valence-electron chi connectivity index (χ1n) is 16.5. The van der Waals surface area contributed by atoms with Gasteiger partial charge in [0, 0.05) is 0 Å². The predicted molar refractivity (Wildman–Crippen MR) is 162 cm³/mol. The first kappa shape index (κ1) is 37.1. The molecule has 0 saturated carbocycles. The van der Waals surface area contributed by atoms with E-state index in [9.17, 15) is 20.1 Å². The van der Waals surface area contributed by atoms with Gasteiger partial charge in [-0.05, 0) is 19.3 Å². The Morgan fingerprint density at radius 2 is 1.03 bits per heavy atom. The van der Waals surface area contributed by atoms with E-state index in [0.29, 0.717) is 6.42 Å². The van der Waals surface area contributed by atoms with Crippen LogP contribution in [0.5, 0.6) is 0 Å². The highest BCUT2D eigenvalue weighted by Gasteiger charge is 2.22. The maximum atomic E-state index is 12.3. The molecule has 0 aromatic heterocycles. The van der Waals surface area contributed by atoms with Crippen molar-refractivity contribution in [1.82, 2.24) is 5.32 Å². The Labute approximate surface area is 236 Å². The van der Waals surface area contributed by atoms with E-state index < -0.39 is 24.2 Å². The Morgan fingerprint density at radius 3 is 1.45 bits per heavy atom. The van der Waals surface area contributed by atoms with Crippen LogP contribution in [-0.2, 0) is 4.79 Å². The standard InChI is InChI=1S/C33H65NO4/c1-3-5-7-9-11-13-15-16-18-19-21-23-25-27-31(36)30(29-35)34-33(38)32(37)28-26-24-22-20-17-14-12-10-8-6-4-2/h25,27,30-32,35-37H,3-24,26,28-29H2,1-2H3,(H,34,38)/b27-25+/t30-,31+,32+/m0/s1. The molecule has 0 aliphatic carbocycles. The minimum absolute atomic E-state index is 0.360. The maximum Gasteiger partial charge on any atom is 0.249 e. The predicted octanol–water partition coefficient (Wildman–Crippen LogP) is 8.14. The van der Waals surface area contributed by atoms with Crippen LogP contribution in [-0.4, -0.2) is 46.1 Å². The van der Waals surface area contributed by atoms with E-state index in [1.165, 1.54) is 116 Å². The Bertz CT molecular complexity index is 525. The van der Waals surface area contributed by atoms with Gasteiger partial charge in [0.2, 0.25) is 5.91 Å². The molecule has 5 nitrogen and oxygen atoms in total. The molecule has 5 heteroatoms. The number of amides is 1. The molecule has 0 rings (SSSR count). The van der Waals surface area contributed by atoms with E-state index in [1.54, 1.807) is 6.08 Å². The number of aliphatic hydroxyl groups is 3. The molecule has 0 radical (unpaired) electrons. The number of hydrogen-bond donors (Lipinski definition) is 4. The monoisotopic (exact) mass is 539 g/mol. The lowest BCUT2D eigenvalue weighted by molar-refractivity contribution is -0.131. The van der Waals surface area contributed by atoms with Crippen molar-refractivity contribution in [3.63, 3.8) is 0 Å². The van der Waals surface area contributed by atoms with E-state index in [-0.39, 0.29) is 6.61 Å². The molecule has 226 valence electrons. The zero-order valence-corrected chi connectivity index (χ0v) is 25.3. The van der Waals surface area contributed by atoms with Crippen molar-refractivity contribution < 1.29 is 20.1 Å². The average Bonchev–Trinajstić information content (AvgIpc) is 2.92. The van der Waals surface area contributed by atoms with Crippen LogP contribution < -0.4 is 5.32 Å². The van der Waals surface area contributed by atoms with Gasteiger partial charge in [-0.2, -0.15) is 0 Å². The lowest BCUT2D eigenvalue weighted by Crippen LogP contribution is -2.48. The van der Waals surface area contributed by atoms with Crippen molar-refractivity contribution in [3.05, 3.63) is 12.2 Å². The Morgan fingerprint density at radius 1 is 0.632 bits per heavy atom. The molecule has 0 bridgehead atoms. The lowest BCUT2D eigenvalue weighted by atomic mass is 10.0. The van der Waals surface area contributed by atoms with E-state index in [1.807, 2.05) is 6.08 Å². The number of unbranched alkanes of at least 4 members (excludes halogenated alkanes) is 21. The van der Waals surface area contributed by atoms with Gasteiger partial charge in [0.05, 0.1) is 18.8 Å². The molecule has 4 N–H and O–H groups in total. The number of rotatable bonds is 29. The van der Waals surface area contributed by atoms with Crippen LogP contribution in [0.3, 0.4) is 0 Å². The van der Waals surface area contributed by atoms with E-state index in [2.05, 4.69) is 19.2 Å². The number of aliphatic hydroxyl groups excluding tert-OH is 3. The number of carbonyl (C=O) groups is 1. The SMILES string of the molecule is CCCCCCCCCCCCC/C=C/[C@@H](O)[C@H](CO)NC(=O)[C@H](O)CCCCCCCCCCCCC. The molecule has 38 heavy (non-hydrogen) atoms. The first-order valence-corrected chi connectivity index (χ1v) is 16.5. The third kappa shape index (κ3) is 24.2. The number of allylic oxidation sites excluding steroid dienone is 1. The molecule has 0 aliphatic rings. The van der Waals surface area contributed by atoms with Gasteiger partial charge in [-0.1, -0.05) is 161 Å². The number of hydrogen-bond acceptors (Lipinski definition) is 4. The summed E-state index contributed by atoms with van der Waals surface area (Å²) in [6.07, 6.45) is 30.7. The minimum Gasteiger partial charge on any atom is -0.394 e. The second-order valence-electron chi connectivity index (χ2n) is 11.4. The molecule has 1 amide bonds. The normalized spacial score (nSPS) is 14.1. The quantitative estimate of drug-likeness (QED) is 0.0570. The summed E-state index contributed by atoms with van der Waals surface area (Å²) in [6.45, 7) is 4.14. The molecular weight excluding hydrogens is 474 g/mol.